The van der Waals surface area contributed by atoms with E-state index in [-0.39, 0.29) is 18.1 Å². The van der Waals surface area contributed by atoms with Crippen LogP contribution in [0.5, 0.6) is 0 Å². The van der Waals surface area contributed by atoms with Crippen LogP contribution >= 0.6 is 24.2 Å². The van der Waals surface area contributed by atoms with Gasteiger partial charge >= 0.3 is 0 Å². The molecule has 1 unspecified atom stereocenters. The van der Waals surface area contributed by atoms with Gasteiger partial charge in [0.05, 0.1) is 22.2 Å². The number of non-ortho nitro benzene ring substituents is 1. The maximum absolute atomic E-state index is 10.7. The minimum absolute atomic E-state index is 0. The fourth-order valence-corrected chi connectivity index (χ4v) is 3.20. The van der Waals surface area contributed by atoms with Crippen molar-refractivity contribution in [3.05, 3.63) is 34.5 Å². The first kappa shape index (κ1) is 15.9. The fourth-order valence-electron chi connectivity index (χ4n) is 2.25. The quantitative estimate of drug-likeness (QED) is 0.528. The topological polar surface area (TPSA) is 81.0 Å². The molecule has 1 fully saturated rings. The Hall–Kier alpha value is -1.44. The molecule has 6 nitrogen and oxygen atoms in total. The average molecular weight is 327 g/mol. The second-order valence-electron chi connectivity index (χ2n) is 4.74. The molecule has 0 aliphatic carbocycles. The minimum Gasteiger partial charge on any atom is -0.313 e. The molecule has 0 radical (unpaired) electrons. The standard InChI is InChI=1S/C13H14N4O2S.ClH/c18-17(19)10-3-4-11-12(6-10)15-7-13(16-11)20-8-9-2-1-5-14-9;/h3-4,6-7,9,14H,1-2,5,8H2;1H. The summed E-state index contributed by atoms with van der Waals surface area (Å²) in [5.41, 5.74) is 1.30. The summed E-state index contributed by atoms with van der Waals surface area (Å²) >= 11 is 1.67. The fraction of sp³-hybridized carbons (Fsp3) is 0.385. The highest BCUT2D eigenvalue weighted by Crippen LogP contribution is 2.23. The molecule has 0 saturated carbocycles. The third-order valence-electron chi connectivity index (χ3n) is 3.31. The zero-order valence-electron chi connectivity index (χ0n) is 11.2. The molecule has 2 aromatic rings. The van der Waals surface area contributed by atoms with Crippen LogP contribution in [-0.2, 0) is 0 Å². The van der Waals surface area contributed by atoms with E-state index in [1.54, 1.807) is 24.0 Å². The molecular formula is C13H15ClN4O2S. The van der Waals surface area contributed by atoms with Gasteiger partial charge in [0, 0.05) is 23.9 Å². The summed E-state index contributed by atoms with van der Waals surface area (Å²) < 4.78 is 0. The number of hydrogen-bond donors (Lipinski definition) is 1. The van der Waals surface area contributed by atoms with E-state index in [9.17, 15) is 10.1 Å². The molecule has 1 aliphatic heterocycles. The van der Waals surface area contributed by atoms with Gasteiger partial charge in [-0.3, -0.25) is 15.1 Å². The molecule has 21 heavy (non-hydrogen) atoms. The van der Waals surface area contributed by atoms with Crippen LogP contribution in [0, 0.1) is 10.1 Å². The number of halogens is 1. The maximum Gasteiger partial charge on any atom is 0.271 e. The molecule has 1 atom stereocenters. The zero-order valence-corrected chi connectivity index (χ0v) is 12.8. The Bertz CT molecular complexity index is 649. The van der Waals surface area contributed by atoms with Crippen molar-refractivity contribution in [1.82, 2.24) is 15.3 Å². The molecule has 1 N–H and O–H groups in total. The second kappa shape index (κ2) is 7.02. The highest BCUT2D eigenvalue weighted by atomic mass is 35.5. The number of nitro benzene ring substituents is 1. The summed E-state index contributed by atoms with van der Waals surface area (Å²) in [7, 11) is 0. The third kappa shape index (κ3) is 3.81. The molecule has 3 rings (SSSR count). The van der Waals surface area contributed by atoms with E-state index >= 15 is 0 Å². The van der Waals surface area contributed by atoms with E-state index in [1.807, 2.05) is 0 Å². The number of rotatable bonds is 4. The maximum atomic E-state index is 10.7. The monoisotopic (exact) mass is 326 g/mol. The van der Waals surface area contributed by atoms with Crippen LogP contribution in [0.15, 0.2) is 29.4 Å². The van der Waals surface area contributed by atoms with E-state index in [0.717, 1.165) is 17.3 Å². The SMILES string of the molecule is Cl.O=[N+]([O-])c1ccc2nc(SCC3CCCN3)cnc2c1. The first-order valence-electron chi connectivity index (χ1n) is 6.50. The van der Waals surface area contributed by atoms with Gasteiger partial charge in [0.25, 0.3) is 5.69 Å². The van der Waals surface area contributed by atoms with Gasteiger partial charge in [0.1, 0.15) is 5.03 Å². The van der Waals surface area contributed by atoms with Gasteiger partial charge in [0.15, 0.2) is 0 Å². The molecule has 1 aromatic heterocycles. The predicted molar refractivity (Wildman–Crippen MR) is 85.2 cm³/mol. The summed E-state index contributed by atoms with van der Waals surface area (Å²) in [5.74, 6) is 0.979. The van der Waals surface area contributed by atoms with Gasteiger partial charge in [-0.05, 0) is 25.5 Å². The van der Waals surface area contributed by atoms with Crippen LogP contribution in [-0.4, -0.2) is 33.2 Å². The molecule has 0 amide bonds. The van der Waals surface area contributed by atoms with Crippen molar-refractivity contribution in [3.63, 3.8) is 0 Å². The number of aromatic nitrogens is 2. The lowest BCUT2D eigenvalue weighted by Crippen LogP contribution is -2.23. The highest BCUT2D eigenvalue weighted by Gasteiger charge is 2.15. The van der Waals surface area contributed by atoms with Gasteiger partial charge in [-0.1, -0.05) is 0 Å². The number of fused-ring (bicyclic) bond motifs is 1. The third-order valence-corrected chi connectivity index (χ3v) is 4.37. The van der Waals surface area contributed by atoms with E-state index in [1.165, 1.54) is 25.0 Å². The number of nitrogens with one attached hydrogen (secondary N) is 1. The molecule has 1 aliphatic rings. The summed E-state index contributed by atoms with van der Waals surface area (Å²) in [6.07, 6.45) is 4.13. The summed E-state index contributed by atoms with van der Waals surface area (Å²) in [4.78, 5) is 19.0. The van der Waals surface area contributed by atoms with Crippen LogP contribution in [0.2, 0.25) is 0 Å². The van der Waals surface area contributed by atoms with Crippen LogP contribution < -0.4 is 5.32 Å². The van der Waals surface area contributed by atoms with Crippen molar-refractivity contribution in [2.75, 3.05) is 12.3 Å². The van der Waals surface area contributed by atoms with Crippen LogP contribution in [0.25, 0.3) is 11.0 Å². The number of thioether (sulfide) groups is 1. The summed E-state index contributed by atoms with van der Waals surface area (Å²) in [6.45, 7) is 1.10. The van der Waals surface area contributed by atoms with Gasteiger partial charge in [-0.25, -0.2) is 4.98 Å². The number of nitro groups is 1. The molecule has 112 valence electrons. The molecule has 1 aromatic carbocycles. The largest absolute Gasteiger partial charge is 0.313 e. The summed E-state index contributed by atoms with van der Waals surface area (Å²) in [6, 6.07) is 5.12. The number of benzene rings is 1. The Morgan fingerprint density at radius 2 is 2.29 bits per heavy atom. The highest BCUT2D eigenvalue weighted by molar-refractivity contribution is 7.99. The van der Waals surface area contributed by atoms with Gasteiger partial charge in [0.2, 0.25) is 0 Å². The molecule has 0 spiro atoms. The smallest absolute Gasteiger partial charge is 0.271 e. The van der Waals surface area contributed by atoms with E-state index in [2.05, 4.69) is 15.3 Å². The van der Waals surface area contributed by atoms with Gasteiger partial charge in [-0.2, -0.15) is 0 Å². The van der Waals surface area contributed by atoms with Crippen molar-refractivity contribution in [1.29, 1.82) is 0 Å². The van der Waals surface area contributed by atoms with Crippen LogP contribution in [0.3, 0.4) is 0 Å². The average Bonchev–Trinajstić information content (AvgIpc) is 2.97. The van der Waals surface area contributed by atoms with E-state index in [4.69, 9.17) is 0 Å². The predicted octanol–water partition coefficient (Wildman–Crippen LogP) is 2.80. The van der Waals surface area contributed by atoms with Gasteiger partial charge in [-0.15, -0.1) is 24.2 Å². The van der Waals surface area contributed by atoms with Crippen LogP contribution in [0.4, 0.5) is 5.69 Å². The minimum atomic E-state index is -0.421. The molecule has 8 heteroatoms. The number of hydrogen-bond acceptors (Lipinski definition) is 6. The molecule has 2 heterocycles. The molecule has 1 saturated heterocycles. The lowest BCUT2D eigenvalue weighted by atomic mass is 10.2. The van der Waals surface area contributed by atoms with Crippen molar-refractivity contribution in [3.8, 4) is 0 Å². The normalized spacial score (nSPS) is 17.6. The first-order chi connectivity index (χ1) is 9.72. The van der Waals surface area contributed by atoms with E-state index < -0.39 is 4.92 Å². The molecular weight excluding hydrogens is 312 g/mol. The van der Waals surface area contributed by atoms with E-state index in [0.29, 0.717) is 17.1 Å². The van der Waals surface area contributed by atoms with Gasteiger partial charge < -0.3 is 5.32 Å². The number of nitrogens with zero attached hydrogens (tertiary/aromatic N) is 3. The zero-order chi connectivity index (χ0) is 13.9. The lowest BCUT2D eigenvalue weighted by Gasteiger charge is -2.08. The Morgan fingerprint density at radius 1 is 1.43 bits per heavy atom. The Morgan fingerprint density at radius 3 is 3.00 bits per heavy atom. The van der Waals surface area contributed by atoms with Crippen molar-refractivity contribution >= 4 is 40.9 Å². The Balaban J connectivity index is 0.00000161. The second-order valence-corrected chi connectivity index (χ2v) is 5.78. The first-order valence-corrected chi connectivity index (χ1v) is 7.48. The molecule has 0 bridgehead atoms. The lowest BCUT2D eigenvalue weighted by molar-refractivity contribution is -0.384. The van der Waals surface area contributed by atoms with Crippen molar-refractivity contribution in [2.45, 2.75) is 23.9 Å². The van der Waals surface area contributed by atoms with Crippen molar-refractivity contribution < 1.29 is 4.92 Å². The Labute approximate surface area is 132 Å². The summed E-state index contributed by atoms with van der Waals surface area (Å²) in [5, 5.41) is 15.0. The Kier molecular flexibility index (Phi) is 5.33. The van der Waals surface area contributed by atoms with Crippen LogP contribution in [0.1, 0.15) is 12.8 Å². The van der Waals surface area contributed by atoms with Crippen molar-refractivity contribution in [2.24, 2.45) is 0 Å².